The number of rotatable bonds is 4. The first-order chi connectivity index (χ1) is 8.20. The van der Waals surface area contributed by atoms with E-state index in [4.69, 9.17) is 0 Å². The first-order valence-corrected chi connectivity index (χ1v) is 8.05. The number of hydrogen-bond donors (Lipinski definition) is 1. The highest BCUT2D eigenvalue weighted by Gasteiger charge is 2.27. The van der Waals surface area contributed by atoms with Crippen molar-refractivity contribution in [1.29, 1.82) is 0 Å². The predicted molar refractivity (Wildman–Crippen MR) is 79.9 cm³/mol. The van der Waals surface area contributed by atoms with Crippen LogP contribution in [0.15, 0.2) is 16.7 Å². The van der Waals surface area contributed by atoms with Crippen LogP contribution in [0.3, 0.4) is 0 Å². The van der Waals surface area contributed by atoms with E-state index >= 15 is 0 Å². The molecule has 2 rings (SSSR count). The molecule has 94 valence electrons. The van der Waals surface area contributed by atoms with E-state index in [0.717, 1.165) is 15.5 Å². The third-order valence-electron chi connectivity index (χ3n) is 3.20. The predicted octanol–water partition coefficient (Wildman–Crippen LogP) is 4.24. The van der Waals surface area contributed by atoms with Crippen LogP contribution in [0.4, 0.5) is 5.82 Å². The van der Waals surface area contributed by atoms with Gasteiger partial charge >= 0.3 is 0 Å². The molecule has 1 heterocycles. The van der Waals surface area contributed by atoms with Gasteiger partial charge in [0.1, 0.15) is 5.82 Å². The van der Waals surface area contributed by atoms with E-state index in [0.29, 0.717) is 6.04 Å². The SMILES string of the molecule is CCSC1CCCC1Nc1ncc(Br)cc1C. The highest BCUT2D eigenvalue weighted by atomic mass is 79.9. The van der Waals surface area contributed by atoms with Gasteiger partial charge in [0.25, 0.3) is 0 Å². The minimum atomic E-state index is 0.590. The summed E-state index contributed by atoms with van der Waals surface area (Å²) in [5.74, 6) is 2.25. The number of aryl methyl sites for hydroxylation is 1. The van der Waals surface area contributed by atoms with Crippen molar-refractivity contribution in [3.05, 3.63) is 22.3 Å². The van der Waals surface area contributed by atoms with E-state index in [1.807, 2.05) is 6.20 Å². The maximum atomic E-state index is 4.47. The molecule has 4 heteroatoms. The van der Waals surface area contributed by atoms with Gasteiger partial charge in [-0.3, -0.25) is 0 Å². The second kappa shape index (κ2) is 6.10. The Morgan fingerprint density at radius 3 is 3.06 bits per heavy atom. The number of nitrogens with zero attached hydrogens (tertiary/aromatic N) is 1. The average molecular weight is 315 g/mol. The van der Waals surface area contributed by atoms with Crippen molar-refractivity contribution in [1.82, 2.24) is 4.98 Å². The molecule has 1 aromatic rings. The van der Waals surface area contributed by atoms with E-state index in [9.17, 15) is 0 Å². The summed E-state index contributed by atoms with van der Waals surface area (Å²) in [5, 5.41) is 4.37. The second-order valence-corrected chi connectivity index (χ2v) is 6.93. The maximum Gasteiger partial charge on any atom is 0.129 e. The number of hydrogen-bond acceptors (Lipinski definition) is 3. The van der Waals surface area contributed by atoms with Crippen LogP contribution in [0.2, 0.25) is 0 Å². The van der Waals surface area contributed by atoms with E-state index in [1.165, 1.54) is 30.6 Å². The number of anilines is 1. The van der Waals surface area contributed by atoms with Gasteiger partial charge in [-0.1, -0.05) is 13.3 Å². The topological polar surface area (TPSA) is 24.9 Å². The summed E-state index contributed by atoms with van der Waals surface area (Å²) in [6, 6.07) is 2.71. The molecule has 2 nitrogen and oxygen atoms in total. The Kier molecular flexibility index (Phi) is 4.74. The van der Waals surface area contributed by atoms with Crippen LogP contribution < -0.4 is 5.32 Å². The van der Waals surface area contributed by atoms with Gasteiger partial charge < -0.3 is 5.32 Å². The minimum absolute atomic E-state index is 0.590. The van der Waals surface area contributed by atoms with Crippen LogP contribution in [0, 0.1) is 6.92 Å². The molecule has 1 saturated carbocycles. The largest absolute Gasteiger partial charge is 0.366 e. The number of pyridine rings is 1. The van der Waals surface area contributed by atoms with Crippen LogP contribution in [0.25, 0.3) is 0 Å². The third kappa shape index (κ3) is 3.38. The Morgan fingerprint density at radius 2 is 2.35 bits per heavy atom. The zero-order chi connectivity index (χ0) is 12.3. The first-order valence-electron chi connectivity index (χ1n) is 6.21. The van der Waals surface area contributed by atoms with Crippen LogP contribution in [-0.2, 0) is 0 Å². The van der Waals surface area contributed by atoms with Crippen LogP contribution >= 0.6 is 27.7 Å². The summed E-state index contributed by atoms with van der Waals surface area (Å²) < 4.78 is 1.05. The van der Waals surface area contributed by atoms with E-state index < -0.39 is 0 Å². The van der Waals surface area contributed by atoms with Crippen molar-refractivity contribution in [3.8, 4) is 0 Å². The van der Waals surface area contributed by atoms with E-state index in [2.05, 4.69) is 57.9 Å². The van der Waals surface area contributed by atoms with Crippen molar-refractivity contribution in [3.63, 3.8) is 0 Å². The van der Waals surface area contributed by atoms with Gasteiger partial charge in [-0.25, -0.2) is 4.98 Å². The summed E-state index contributed by atoms with van der Waals surface area (Å²) in [6.07, 6.45) is 5.82. The normalized spacial score (nSPS) is 23.9. The molecule has 0 aromatic carbocycles. The second-order valence-electron chi connectivity index (χ2n) is 4.49. The summed E-state index contributed by atoms with van der Waals surface area (Å²) in [5.41, 5.74) is 1.21. The Hall–Kier alpha value is -0.220. The van der Waals surface area contributed by atoms with Gasteiger partial charge in [-0.15, -0.1) is 0 Å². The number of thioether (sulfide) groups is 1. The van der Waals surface area contributed by atoms with Gasteiger partial charge in [0.05, 0.1) is 0 Å². The zero-order valence-electron chi connectivity index (χ0n) is 10.4. The van der Waals surface area contributed by atoms with Crippen molar-refractivity contribution < 1.29 is 0 Å². The molecule has 1 aliphatic carbocycles. The van der Waals surface area contributed by atoms with Gasteiger partial charge in [-0.05, 0) is 53.1 Å². The van der Waals surface area contributed by atoms with Gasteiger partial charge in [-0.2, -0.15) is 11.8 Å². The Morgan fingerprint density at radius 1 is 1.53 bits per heavy atom. The monoisotopic (exact) mass is 314 g/mol. The van der Waals surface area contributed by atoms with E-state index in [-0.39, 0.29) is 0 Å². The summed E-state index contributed by atoms with van der Waals surface area (Å²) in [7, 11) is 0. The molecule has 0 aliphatic heterocycles. The molecule has 1 aliphatic rings. The van der Waals surface area contributed by atoms with Gasteiger partial charge in [0.15, 0.2) is 0 Å². The number of aromatic nitrogens is 1. The molecule has 0 bridgehead atoms. The lowest BCUT2D eigenvalue weighted by Gasteiger charge is -2.21. The van der Waals surface area contributed by atoms with Crippen molar-refractivity contribution in [2.45, 2.75) is 44.4 Å². The quantitative estimate of drug-likeness (QED) is 0.899. The minimum Gasteiger partial charge on any atom is -0.366 e. The standard InChI is InChI=1S/C13H19BrN2S/c1-3-17-12-6-4-5-11(12)16-13-9(2)7-10(14)8-15-13/h7-8,11-12H,3-6H2,1-2H3,(H,15,16). The molecular formula is C13H19BrN2S. The Balaban J connectivity index is 2.04. The molecule has 1 fully saturated rings. The molecule has 0 spiro atoms. The van der Waals surface area contributed by atoms with Gasteiger partial charge in [0, 0.05) is 22.0 Å². The molecule has 2 atom stereocenters. The van der Waals surface area contributed by atoms with Crippen LogP contribution in [-0.4, -0.2) is 22.0 Å². The first kappa shape index (κ1) is 13.2. The number of halogens is 1. The average Bonchev–Trinajstić information content (AvgIpc) is 2.71. The molecule has 1 aromatic heterocycles. The summed E-state index contributed by atoms with van der Waals surface area (Å²) in [6.45, 7) is 4.35. The van der Waals surface area contributed by atoms with Crippen LogP contribution in [0.1, 0.15) is 31.7 Å². The molecular weight excluding hydrogens is 296 g/mol. The molecule has 0 amide bonds. The fourth-order valence-corrected chi connectivity index (χ4v) is 4.02. The highest BCUT2D eigenvalue weighted by Crippen LogP contribution is 2.32. The third-order valence-corrected chi connectivity index (χ3v) is 4.96. The van der Waals surface area contributed by atoms with Crippen molar-refractivity contribution in [2.75, 3.05) is 11.1 Å². The molecule has 2 unspecified atom stereocenters. The Labute approximate surface area is 116 Å². The van der Waals surface area contributed by atoms with Gasteiger partial charge in [0.2, 0.25) is 0 Å². The van der Waals surface area contributed by atoms with E-state index in [1.54, 1.807) is 0 Å². The summed E-state index contributed by atoms with van der Waals surface area (Å²) >= 11 is 5.53. The molecule has 0 radical (unpaired) electrons. The number of nitrogens with one attached hydrogen (secondary N) is 1. The van der Waals surface area contributed by atoms with Crippen molar-refractivity contribution >= 4 is 33.5 Å². The lowest BCUT2D eigenvalue weighted by atomic mass is 10.2. The fourth-order valence-electron chi connectivity index (χ4n) is 2.37. The zero-order valence-corrected chi connectivity index (χ0v) is 12.8. The highest BCUT2D eigenvalue weighted by molar-refractivity contribution is 9.10. The smallest absolute Gasteiger partial charge is 0.129 e. The molecule has 1 N–H and O–H groups in total. The van der Waals surface area contributed by atoms with Crippen LogP contribution in [0.5, 0.6) is 0 Å². The lowest BCUT2D eigenvalue weighted by Crippen LogP contribution is -2.27. The summed E-state index contributed by atoms with van der Waals surface area (Å²) in [4.78, 5) is 4.47. The lowest BCUT2D eigenvalue weighted by molar-refractivity contribution is 0.761. The fraction of sp³-hybridized carbons (Fsp3) is 0.615. The van der Waals surface area contributed by atoms with Crippen molar-refractivity contribution in [2.24, 2.45) is 0 Å². The molecule has 17 heavy (non-hydrogen) atoms. The Bertz CT molecular complexity index is 384. The maximum absolute atomic E-state index is 4.47. The molecule has 0 saturated heterocycles.